The maximum atomic E-state index is 13.9. The van der Waals surface area contributed by atoms with E-state index in [-0.39, 0.29) is 5.82 Å². The Hall–Kier alpha value is -1.75. The van der Waals surface area contributed by atoms with Crippen LogP contribution in [0, 0.1) is 11.7 Å². The van der Waals surface area contributed by atoms with Crippen LogP contribution < -0.4 is 0 Å². The van der Waals surface area contributed by atoms with Crippen molar-refractivity contribution in [3.8, 4) is 5.69 Å². The molecule has 2 heterocycles. The molecule has 0 unspecified atom stereocenters. The van der Waals surface area contributed by atoms with Gasteiger partial charge in [-0.1, -0.05) is 12.1 Å². The molecule has 4 nitrogen and oxygen atoms in total. The number of para-hydroxylation sites is 1. The van der Waals surface area contributed by atoms with E-state index in [1.165, 1.54) is 38.2 Å². The lowest BCUT2D eigenvalue weighted by molar-refractivity contribution is 0.214. The number of rotatable bonds is 4. The molecule has 5 heteroatoms. The van der Waals surface area contributed by atoms with Gasteiger partial charge in [0.05, 0.1) is 0 Å². The zero-order valence-electron chi connectivity index (χ0n) is 12.0. The van der Waals surface area contributed by atoms with Gasteiger partial charge in [-0.15, -0.1) is 0 Å². The Kier molecular flexibility index (Phi) is 3.22. The molecule has 110 valence electrons. The van der Waals surface area contributed by atoms with Crippen molar-refractivity contribution in [1.29, 1.82) is 0 Å². The van der Waals surface area contributed by atoms with E-state index >= 15 is 0 Å². The first-order valence-corrected chi connectivity index (χ1v) is 7.69. The van der Waals surface area contributed by atoms with Crippen LogP contribution in [0.4, 0.5) is 4.39 Å². The van der Waals surface area contributed by atoms with Crippen molar-refractivity contribution in [1.82, 2.24) is 19.7 Å². The molecule has 1 aliphatic carbocycles. The number of aromatic nitrogens is 3. The molecule has 0 N–H and O–H groups in total. The van der Waals surface area contributed by atoms with Gasteiger partial charge in [0, 0.05) is 25.6 Å². The Morgan fingerprint density at radius 2 is 2.14 bits per heavy atom. The van der Waals surface area contributed by atoms with Gasteiger partial charge in [-0.25, -0.2) is 14.1 Å². The molecule has 1 saturated heterocycles. The van der Waals surface area contributed by atoms with Crippen molar-refractivity contribution in [2.75, 3.05) is 13.1 Å². The van der Waals surface area contributed by atoms with E-state index in [0.717, 1.165) is 30.7 Å². The van der Waals surface area contributed by atoms with Gasteiger partial charge in [0.1, 0.15) is 23.7 Å². The number of nitrogens with zero attached hydrogens (tertiary/aromatic N) is 4. The summed E-state index contributed by atoms with van der Waals surface area (Å²) >= 11 is 0. The van der Waals surface area contributed by atoms with Crippen molar-refractivity contribution < 1.29 is 4.39 Å². The second-order valence-electron chi connectivity index (χ2n) is 6.12. The molecule has 4 rings (SSSR count). The van der Waals surface area contributed by atoms with Crippen LogP contribution in [0.25, 0.3) is 5.69 Å². The van der Waals surface area contributed by atoms with E-state index in [1.807, 2.05) is 6.07 Å². The van der Waals surface area contributed by atoms with Gasteiger partial charge < -0.3 is 0 Å². The molecule has 1 aromatic carbocycles. The Labute approximate surface area is 123 Å². The number of fused-ring (bicyclic) bond motifs is 2. The minimum atomic E-state index is -0.260. The molecule has 2 aliphatic rings. The highest BCUT2D eigenvalue weighted by Gasteiger charge is 2.37. The molecule has 2 atom stereocenters. The molecule has 2 fully saturated rings. The van der Waals surface area contributed by atoms with Crippen LogP contribution in [0.1, 0.15) is 25.1 Å². The Balaban J connectivity index is 1.49. The quantitative estimate of drug-likeness (QED) is 0.865. The van der Waals surface area contributed by atoms with Crippen LogP contribution in [0.5, 0.6) is 0 Å². The summed E-state index contributed by atoms with van der Waals surface area (Å²) in [6.45, 7) is 2.22. The molecule has 0 radical (unpaired) electrons. The fourth-order valence-corrected chi connectivity index (χ4v) is 3.80. The fourth-order valence-electron chi connectivity index (χ4n) is 3.80. The molecule has 0 spiro atoms. The second kappa shape index (κ2) is 5.22. The van der Waals surface area contributed by atoms with E-state index in [9.17, 15) is 4.39 Å². The van der Waals surface area contributed by atoms with Crippen molar-refractivity contribution in [3.05, 3.63) is 42.2 Å². The lowest BCUT2D eigenvalue weighted by atomic mass is 10.1. The molecule has 1 aliphatic heterocycles. The number of piperidine rings is 1. The lowest BCUT2D eigenvalue weighted by Gasteiger charge is -2.26. The van der Waals surface area contributed by atoms with Crippen molar-refractivity contribution in [3.63, 3.8) is 0 Å². The number of benzene rings is 1. The third-order valence-electron chi connectivity index (χ3n) is 4.84. The highest BCUT2D eigenvalue weighted by atomic mass is 19.1. The van der Waals surface area contributed by atoms with E-state index in [0.29, 0.717) is 5.69 Å². The number of hydrogen-bond acceptors (Lipinski definition) is 3. The van der Waals surface area contributed by atoms with Crippen molar-refractivity contribution >= 4 is 0 Å². The average Bonchev–Trinajstić information content (AvgIpc) is 3.22. The van der Waals surface area contributed by atoms with Gasteiger partial charge in [-0.05, 0) is 37.3 Å². The highest BCUT2D eigenvalue weighted by Crippen LogP contribution is 2.37. The lowest BCUT2D eigenvalue weighted by Crippen LogP contribution is -2.34. The largest absolute Gasteiger partial charge is 0.300 e. The summed E-state index contributed by atoms with van der Waals surface area (Å²) < 4.78 is 15.5. The summed E-state index contributed by atoms with van der Waals surface area (Å²) in [7, 11) is 0. The summed E-state index contributed by atoms with van der Waals surface area (Å²) in [4.78, 5) is 6.88. The minimum absolute atomic E-state index is 0.260. The van der Waals surface area contributed by atoms with E-state index in [4.69, 9.17) is 0 Å². The maximum absolute atomic E-state index is 13.9. The summed E-state index contributed by atoms with van der Waals surface area (Å²) in [6, 6.07) is 7.48. The van der Waals surface area contributed by atoms with Gasteiger partial charge in [-0.3, -0.25) is 4.90 Å². The first-order valence-electron chi connectivity index (χ1n) is 7.69. The van der Waals surface area contributed by atoms with Gasteiger partial charge in [0.15, 0.2) is 0 Å². The fraction of sp³-hybridized carbons (Fsp3) is 0.500. The average molecular weight is 286 g/mol. The molecular weight excluding hydrogens is 267 g/mol. The third kappa shape index (κ3) is 2.35. The molecular formula is C16H19FN4. The van der Waals surface area contributed by atoms with E-state index < -0.39 is 0 Å². The van der Waals surface area contributed by atoms with Gasteiger partial charge in [0.25, 0.3) is 0 Å². The zero-order valence-corrected chi connectivity index (χ0v) is 12.0. The molecule has 1 saturated carbocycles. The normalized spacial score (nSPS) is 24.8. The predicted octanol–water partition coefficient (Wildman–Crippen LogP) is 2.43. The van der Waals surface area contributed by atoms with Gasteiger partial charge in [-0.2, -0.15) is 5.10 Å². The van der Waals surface area contributed by atoms with Gasteiger partial charge >= 0.3 is 0 Å². The minimum Gasteiger partial charge on any atom is -0.300 e. The topological polar surface area (TPSA) is 34.0 Å². The standard InChI is InChI=1S/C16H19FN4/c17-14-3-1-2-4-15(14)21-16(18-11-19-21)7-8-20-10-12-5-6-13(20)9-12/h1-4,11-13H,5-10H2/t12-,13+/m1/s1. The molecule has 1 aromatic heterocycles. The maximum Gasteiger partial charge on any atom is 0.148 e. The molecule has 2 bridgehead atoms. The van der Waals surface area contributed by atoms with Crippen LogP contribution in [-0.4, -0.2) is 38.8 Å². The monoisotopic (exact) mass is 286 g/mol. The SMILES string of the molecule is Fc1ccccc1-n1ncnc1CCN1C[C@@H]2CC[C@H]1C2. The zero-order chi connectivity index (χ0) is 14.2. The van der Waals surface area contributed by atoms with Crippen LogP contribution in [0.2, 0.25) is 0 Å². The smallest absolute Gasteiger partial charge is 0.148 e. The summed E-state index contributed by atoms with van der Waals surface area (Å²) in [5.74, 6) is 1.48. The van der Waals surface area contributed by atoms with Crippen LogP contribution in [0.15, 0.2) is 30.6 Å². The summed E-state index contributed by atoms with van der Waals surface area (Å²) in [5.41, 5.74) is 0.480. The first-order chi connectivity index (χ1) is 10.3. The number of likely N-dealkylation sites (tertiary alicyclic amines) is 1. The predicted molar refractivity (Wildman–Crippen MR) is 77.7 cm³/mol. The third-order valence-corrected chi connectivity index (χ3v) is 4.84. The summed E-state index contributed by atoms with van der Waals surface area (Å²) in [5, 5.41) is 4.19. The van der Waals surface area contributed by atoms with Crippen molar-refractivity contribution in [2.24, 2.45) is 5.92 Å². The van der Waals surface area contributed by atoms with Crippen LogP contribution in [-0.2, 0) is 6.42 Å². The molecule has 21 heavy (non-hydrogen) atoms. The van der Waals surface area contributed by atoms with Gasteiger partial charge in [0.2, 0.25) is 0 Å². The van der Waals surface area contributed by atoms with Crippen molar-refractivity contribution in [2.45, 2.75) is 31.7 Å². The number of halogens is 1. The number of hydrogen-bond donors (Lipinski definition) is 0. The Morgan fingerprint density at radius 1 is 1.24 bits per heavy atom. The second-order valence-corrected chi connectivity index (χ2v) is 6.12. The summed E-state index contributed by atoms with van der Waals surface area (Å²) in [6.07, 6.45) is 6.42. The molecule has 2 aromatic rings. The Bertz CT molecular complexity index is 639. The molecule has 0 amide bonds. The van der Waals surface area contributed by atoms with Crippen LogP contribution in [0.3, 0.4) is 0 Å². The van der Waals surface area contributed by atoms with E-state index in [1.54, 1.807) is 16.8 Å². The van der Waals surface area contributed by atoms with E-state index in [2.05, 4.69) is 15.0 Å². The highest BCUT2D eigenvalue weighted by molar-refractivity contribution is 5.32. The Morgan fingerprint density at radius 3 is 2.90 bits per heavy atom. The first kappa shape index (κ1) is 13.0. The van der Waals surface area contributed by atoms with Crippen LogP contribution >= 0.6 is 0 Å².